The number of Topliss-reactive ketones (excluding diaryl/α,β-unsaturated/α-hetero) is 1. The first kappa shape index (κ1) is 36.2. The lowest BCUT2D eigenvalue weighted by atomic mass is 9.79. The number of alkyl halides is 2. The number of halogens is 2. The fourth-order valence-electron chi connectivity index (χ4n) is 8.33. The Bertz CT molecular complexity index is 1430. The normalized spacial score (nSPS) is 22.6. The zero-order valence-corrected chi connectivity index (χ0v) is 29.7. The Morgan fingerprint density at radius 1 is 1.08 bits per heavy atom. The highest BCUT2D eigenvalue weighted by atomic mass is 32.1. The van der Waals surface area contributed by atoms with Crippen molar-refractivity contribution < 1.29 is 13.6 Å². The standard InChI is InChI=1S/C39H54F2N6OS/c40-39(41)16-13-31(14-17-39)37(48)24-33(30-8-2-1-3-9-30)15-21-45-22-23-46(28-35-25-43-29-49-35)34(26-45)27-47(20-5-4-18-42)36-12-6-10-32-11-7-19-44-38(32)36/h1-3,7-9,11,19,25,29,31,33-34,36H,4-6,10,12-18,20-24,26-28,42H2/t33-,34-,36+/m1/s1. The van der Waals surface area contributed by atoms with Crippen LogP contribution >= 0.6 is 11.3 Å². The molecular weight excluding hydrogens is 639 g/mol. The predicted molar refractivity (Wildman–Crippen MR) is 193 cm³/mol. The number of pyridine rings is 1. The number of piperazine rings is 1. The van der Waals surface area contributed by atoms with Gasteiger partial charge in [-0.1, -0.05) is 36.4 Å². The van der Waals surface area contributed by atoms with Crippen LogP contribution in [-0.4, -0.2) is 88.2 Å². The van der Waals surface area contributed by atoms with Crippen LogP contribution < -0.4 is 5.73 Å². The van der Waals surface area contributed by atoms with E-state index < -0.39 is 5.92 Å². The number of hydrogen-bond donors (Lipinski definition) is 1. The minimum Gasteiger partial charge on any atom is -0.330 e. The number of rotatable bonds is 16. The maximum atomic E-state index is 13.9. The number of aryl methyl sites for hydroxylation is 1. The van der Waals surface area contributed by atoms with Crippen molar-refractivity contribution in [3.05, 3.63) is 82.1 Å². The van der Waals surface area contributed by atoms with Crippen LogP contribution in [0.4, 0.5) is 8.78 Å². The van der Waals surface area contributed by atoms with Crippen molar-refractivity contribution in [2.24, 2.45) is 11.7 Å². The van der Waals surface area contributed by atoms with Crippen molar-refractivity contribution >= 4 is 17.1 Å². The van der Waals surface area contributed by atoms with Gasteiger partial charge in [-0.05, 0) is 94.1 Å². The van der Waals surface area contributed by atoms with Gasteiger partial charge in [0, 0.05) is 81.2 Å². The molecule has 1 aromatic carbocycles. The van der Waals surface area contributed by atoms with Crippen LogP contribution in [0.5, 0.6) is 0 Å². The van der Waals surface area contributed by atoms with Gasteiger partial charge in [-0.25, -0.2) is 8.78 Å². The van der Waals surface area contributed by atoms with Gasteiger partial charge in [-0.2, -0.15) is 0 Å². The lowest BCUT2D eigenvalue weighted by Crippen LogP contribution is -2.57. The summed E-state index contributed by atoms with van der Waals surface area (Å²) in [7, 11) is 0. The van der Waals surface area contributed by atoms with Gasteiger partial charge in [0.25, 0.3) is 0 Å². The highest BCUT2D eigenvalue weighted by molar-refractivity contribution is 7.09. The van der Waals surface area contributed by atoms with E-state index in [9.17, 15) is 13.6 Å². The van der Waals surface area contributed by atoms with Gasteiger partial charge in [0.1, 0.15) is 5.78 Å². The number of nitrogens with zero attached hydrogens (tertiary/aromatic N) is 5. The molecule has 3 atom stereocenters. The quantitative estimate of drug-likeness (QED) is 0.161. The van der Waals surface area contributed by atoms with E-state index in [-0.39, 0.29) is 30.5 Å². The Labute approximate surface area is 295 Å². The molecule has 0 amide bonds. The number of carbonyl (C=O) groups is 1. The zero-order valence-electron chi connectivity index (χ0n) is 28.9. The van der Waals surface area contributed by atoms with Crippen LogP contribution in [0.2, 0.25) is 0 Å². The molecule has 7 nitrogen and oxygen atoms in total. The van der Waals surface area contributed by atoms with Gasteiger partial charge in [0.05, 0.1) is 17.2 Å². The van der Waals surface area contributed by atoms with Crippen molar-refractivity contribution in [2.45, 2.75) is 101 Å². The highest BCUT2D eigenvalue weighted by Crippen LogP contribution is 2.38. The number of unbranched alkanes of at least 4 members (excludes halogenated alkanes) is 1. The Morgan fingerprint density at radius 3 is 2.69 bits per heavy atom. The number of thiazole rings is 1. The summed E-state index contributed by atoms with van der Waals surface area (Å²) in [5.74, 6) is -2.62. The van der Waals surface area contributed by atoms with Gasteiger partial charge >= 0.3 is 0 Å². The molecule has 0 unspecified atom stereocenters. The van der Waals surface area contributed by atoms with E-state index in [0.717, 1.165) is 77.9 Å². The number of nitrogens with two attached hydrogens (primary N) is 1. The largest absolute Gasteiger partial charge is 0.330 e. The molecule has 0 bridgehead atoms. The first-order chi connectivity index (χ1) is 23.9. The molecule has 0 spiro atoms. The topological polar surface area (TPSA) is 78.6 Å². The van der Waals surface area contributed by atoms with E-state index in [1.54, 1.807) is 11.3 Å². The molecule has 0 radical (unpaired) electrons. The summed E-state index contributed by atoms with van der Waals surface area (Å²) in [4.78, 5) is 32.0. The molecule has 1 saturated heterocycles. The summed E-state index contributed by atoms with van der Waals surface area (Å²) in [6.45, 7) is 7.40. The minimum absolute atomic E-state index is 0.0855. The lowest BCUT2D eigenvalue weighted by molar-refractivity contribution is -0.127. The second-order valence-corrected chi connectivity index (χ2v) is 15.5. The number of fused-ring (bicyclic) bond motifs is 1. The molecule has 266 valence electrons. The fraction of sp³-hybridized carbons (Fsp3) is 0.615. The molecule has 1 saturated carbocycles. The second-order valence-electron chi connectivity index (χ2n) is 14.5. The summed E-state index contributed by atoms with van der Waals surface area (Å²) in [6, 6.07) is 15.3. The summed E-state index contributed by atoms with van der Waals surface area (Å²) in [5.41, 5.74) is 11.7. The second kappa shape index (κ2) is 17.5. The average Bonchev–Trinajstić information content (AvgIpc) is 3.64. The van der Waals surface area contributed by atoms with Crippen LogP contribution in [0.1, 0.15) is 97.9 Å². The Kier molecular flexibility index (Phi) is 12.9. The van der Waals surface area contributed by atoms with Gasteiger partial charge in [0.15, 0.2) is 0 Å². The number of aromatic nitrogens is 2. The van der Waals surface area contributed by atoms with Crippen LogP contribution in [0.3, 0.4) is 0 Å². The summed E-state index contributed by atoms with van der Waals surface area (Å²) in [6.07, 6.45) is 11.0. The molecule has 6 rings (SSSR count). The Hall–Kier alpha value is -2.63. The van der Waals surface area contributed by atoms with Gasteiger partial charge in [-0.15, -0.1) is 11.3 Å². The molecule has 49 heavy (non-hydrogen) atoms. The average molecular weight is 693 g/mol. The smallest absolute Gasteiger partial charge is 0.248 e. The van der Waals surface area contributed by atoms with Gasteiger partial charge in [-0.3, -0.25) is 24.6 Å². The molecule has 10 heteroatoms. The molecule has 1 aliphatic heterocycles. The van der Waals surface area contributed by atoms with Crippen LogP contribution in [0.15, 0.2) is 60.4 Å². The lowest BCUT2D eigenvalue weighted by Gasteiger charge is -2.45. The first-order valence-electron chi connectivity index (χ1n) is 18.6. The van der Waals surface area contributed by atoms with Crippen molar-refractivity contribution in [3.63, 3.8) is 0 Å². The highest BCUT2D eigenvalue weighted by Gasteiger charge is 2.38. The van der Waals surface area contributed by atoms with Crippen molar-refractivity contribution in [1.82, 2.24) is 24.7 Å². The number of carbonyl (C=O) groups excluding carboxylic acids is 1. The Morgan fingerprint density at radius 2 is 1.92 bits per heavy atom. The zero-order chi connectivity index (χ0) is 34.1. The summed E-state index contributed by atoms with van der Waals surface area (Å²) in [5, 5.41) is 0. The Balaban J connectivity index is 1.16. The van der Waals surface area contributed by atoms with E-state index in [1.807, 2.05) is 36.1 Å². The number of benzene rings is 1. The molecule has 3 aromatic rings. The molecule has 2 fully saturated rings. The van der Waals surface area contributed by atoms with E-state index >= 15 is 0 Å². The molecule has 2 aromatic heterocycles. The fourth-order valence-corrected chi connectivity index (χ4v) is 8.95. The maximum absolute atomic E-state index is 13.9. The minimum atomic E-state index is -2.62. The summed E-state index contributed by atoms with van der Waals surface area (Å²) < 4.78 is 27.7. The first-order valence-corrected chi connectivity index (χ1v) is 19.4. The van der Waals surface area contributed by atoms with Crippen molar-refractivity contribution in [2.75, 3.05) is 45.8 Å². The van der Waals surface area contributed by atoms with E-state index in [0.29, 0.717) is 37.9 Å². The van der Waals surface area contributed by atoms with Crippen molar-refractivity contribution in [1.29, 1.82) is 0 Å². The number of hydrogen-bond acceptors (Lipinski definition) is 8. The van der Waals surface area contributed by atoms with E-state index in [1.165, 1.54) is 28.1 Å². The van der Waals surface area contributed by atoms with Crippen LogP contribution in [-0.2, 0) is 17.8 Å². The third-order valence-electron chi connectivity index (χ3n) is 11.2. The van der Waals surface area contributed by atoms with E-state index in [4.69, 9.17) is 10.7 Å². The third kappa shape index (κ3) is 10.0. The third-order valence-corrected chi connectivity index (χ3v) is 11.9. The maximum Gasteiger partial charge on any atom is 0.248 e. The molecule has 2 aliphatic carbocycles. The van der Waals surface area contributed by atoms with Crippen LogP contribution in [0.25, 0.3) is 0 Å². The van der Waals surface area contributed by atoms with Gasteiger partial charge in [0.2, 0.25) is 5.92 Å². The predicted octanol–water partition coefficient (Wildman–Crippen LogP) is 7.10. The van der Waals surface area contributed by atoms with E-state index in [2.05, 4.69) is 43.9 Å². The SMILES string of the molecule is NCCCCN(C[C@H]1CN(CC[C@H](CC(=O)C2CCC(F)(F)CC2)c2ccccc2)CCN1Cc1cncs1)[C@H]1CCCc2cccnc21. The summed E-state index contributed by atoms with van der Waals surface area (Å²) >= 11 is 1.73. The molecular formula is C39H54F2N6OS. The molecule has 2 N–H and O–H groups in total. The molecule has 3 aliphatic rings. The number of ketones is 1. The van der Waals surface area contributed by atoms with Gasteiger partial charge < -0.3 is 10.6 Å². The monoisotopic (exact) mass is 692 g/mol. The molecule has 3 heterocycles. The van der Waals surface area contributed by atoms with Crippen LogP contribution in [0, 0.1) is 5.92 Å². The van der Waals surface area contributed by atoms with Crippen molar-refractivity contribution in [3.8, 4) is 0 Å².